The minimum absolute atomic E-state index is 0.220. The molecule has 0 aliphatic heterocycles. The first-order valence-corrected chi connectivity index (χ1v) is 5.46. The molecule has 1 aliphatic carbocycles. The molecule has 3 nitrogen and oxygen atoms in total. The first-order chi connectivity index (χ1) is 7.06. The third kappa shape index (κ3) is 1.72. The Morgan fingerprint density at radius 1 is 1.40 bits per heavy atom. The molecular weight excluding hydrogens is 186 g/mol. The molecule has 3 heteroatoms. The van der Waals surface area contributed by atoms with Crippen LogP contribution in [0.25, 0.3) is 0 Å². The summed E-state index contributed by atoms with van der Waals surface area (Å²) in [5.41, 5.74) is 7.54. The minimum Gasteiger partial charge on any atom is -0.363 e. The molecular formula is C12H19N3. The van der Waals surface area contributed by atoms with Crippen molar-refractivity contribution in [1.82, 2.24) is 4.98 Å². The fraction of sp³-hybridized carbons (Fsp3) is 0.583. The number of rotatable bonds is 3. The summed E-state index contributed by atoms with van der Waals surface area (Å²) in [6.07, 6.45) is 4.38. The Morgan fingerprint density at radius 3 is 2.40 bits per heavy atom. The topological polar surface area (TPSA) is 42.1 Å². The van der Waals surface area contributed by atoms with E-state index in [-0.39, 0.29) is 11.5 Å². The van der Waals surface area contributed by atoms with Crippen molar-refractivity contribution in [2.24, 2.45) is 5.73 Å². The number of aromatic nitrogens is 1. The molecule has 0 spiro atoms. The molecule has 0 amide bonds. The van der Waals surface area contributed by atoms with Gasteiger partial charge in [0.05, 0.1) is 0 Å². The quantitative estimate of drug-likeness (QED) is 0.813. The van der Waals surface area contributed by atoms with E-state index in [0.29, 0.717) is 0 Å². The molecule has 0 bridgehead atoms. The van der Waals surface area contributed by atoms with Crippen LogP contribution >= 0.6 is 0 Å². The number of pyridine rings is 1. The summed E-state index contributed by atoms with van der Waals surface area (Å²) in [4.78, 5) is 6.45. The lowest BCUT2D eigenvalue weighted by Gasteiger charge is -2.20. The van der Waals surface area contributed by atoms with Crippen LogP contribution in [0.15, 0.2) is 18.3 Å². The van der Waals surface area contributed by atoms with Crippen LogP contribution in [0.1, 0.15) is 25.3 Å². The standard InChI is InChI=1S/C12H19N3/c1-9(13)12(6-7-12)10-4-5-11(14-8-10)15(2)3/h4-5,8-9H,6-7,13H2,1-3H3. The number of nitrogens with two attached hydrogens (primary N) is 1. The molecule has 1 aromatic rings. The van der Waals surface area contributed by atoms with Gasteiger partial charge in [-0.15, -0.1) is 0 Å². The van der Waals surface area contributed by atoms with Crippen LogP contribution in [0.4, 0.5) is 5.82 Å². The van der Waals surface area contributed by atoms with Crippen molar-refractivity contribution < 1.29 is 0 Å². The molecule has 2 N–H and O–H groups in total. The smallest absolute Gasteiger partial charge is 0.127 e. The van der Waals surface area contributed by atoms with Crippen molar-refractivity contribution in [1.29, 1.82) is 0 Å². The van der Waals surface area contributed by atoms with Gasteiger partial charge < -0.3 is 10.6 Å². The summed E-state index contributed by atoms with van der Waals surface area (Å²) in [7, 11) is 4.00. The second-order valence-electron chi connectivity index (χ2n) is 4.74. The van der Waals surface area contributed by atoms with Crippen molar-refractivity contribution in [2.45, 2.75) is 31.2 Å². The highest BCUT2D eigenvalue weighted by Crippen LogP contribution is 2.50. The summed E-state index contributed by atoms with van der Waals surface area (Å²) in [5, 5.41) is 0. The van der Waals surface area contributed by atoms with Crippen molar-refractivity contribution in [2.75, 3.05) is 19.0 Å². The van der Waals surface area contributed by atoms with Gasteiger partial charge >= 0.3 is 0 Å². The van der Waals surface area contributed by atoms with E-state index in [1.165, 1.54) is 18.4 Å². The van der Waals surface area contributed by atoms with E-state index >= 15 is 0 Å². The molecule has 0 saturated heterocycles. The van der Waals surface area contributed by atoms with Crippen LogP contribution in [0.5, 0.6) is 0 Å². The Balaban J connectivity index is 2.24. The van der Waals surface area contributed by atoms with E-state index in [4.69, 9.17) is 5.73 Å². The van der Waals surface area contributed by atoms with E-state index in [1.807, 2.05) is 25.2 Å². The lowest BCUT2D eigenvalue weighted by molar-refractivity contribution is 0.555. The highest BCUT2D eigenvalue weighted by molar-refractivity contribution is 5.41. The molecule has 1 heterocycles. The molecule has 0 aromatic carbocycles. The average Bonchev–Trinajstić information content (AvgIpc) is 2.98. The third-order valence-corrected chi connectivity index (χ3v) is 3.44. The Morgan fingerprint density at radius 2 is 2.07 bits per heavy atom. The van der Waals surface area contributed by atoms with E-state index in [0.717, 1.165) is 5.82 Å². The predicted octanol–water partition coefficient (Wildman–Crippen LogP) is 1.53. The molecule has 1 aliphatic rings. The second kappa shape index (κ2) is 3.49. The molecule has 1 aromatic heterocycles. The van der Waals surface area contributed by atoms with Gasteiger partial charge in [-0.05, 0) is 31.4 Å². The fourth-order valence-electron chi connectivity index (χ4n) is 2.09. The SMILES string of the molecule is CC(N)C1(c2ccc(N(C)C)nc2)CC1. The van der Waals surface area contributed by atoms with Crippen LogP contribution < -0.4 is 10.6 Å². The monoisotopic (exact) mass is 205 g/mol. The van der Waals surface area contributed by atoms with E-state index in [2.05, 4.69) is 24.0 Å². The maximum atomic E-state index is 6.02. The van der Waals surface area contributed by atoms with Gasteiger partial charge in [0.2, 0.25) is 0 Å². The lowest BCUT2D eigenvalue weighted by atomic mass is 9.91. The Hall–Kier alpha value is -1.09. The van der Waals surface area contributed by atoms with E-state index in [9.17, 15) is 0 Å². The van der Waals surface area contributed by atoms with Gasteiger partial charge in [0.1, 0.15) is 5.82 Å². The van der Waals surface area contributed by atoms with Crippen LogP contribution in [0.2, 0.25) is 0 Å². The van der Waals surface area contributed by atoms with Crippen molar-refractivity contribution in [3.63, 3.8) is 0 Å². The molecule has 1 saturated carbocycles. The fourth-order valence-corrected chi connectivity index (χ4v) is 2.09. The summed E-state index contributed by atoms with van der Waals surface area (Å²) < 4.78 is 0. The largest absolute Gasteiger partial charge is 0.363 e. The van der Waals surface area contributed by atoms with Gasteiger partial charge in [-0.2, -0.15) is 0 Å². The molecule has 82 valence electrons. The normalized spacial score (nSPS) is 19.7. The number of anilines is 1. The van der Waals surface area contributed by atoms with Crippen LogP contribution in [0, 0.1) is 0 Å². The van der Waals surface area contributed by atoms with Gasteiger partial charge in [-0.1, -0.05) is 6.07 Å². The van der Waals surface area contributed by atoms with Crippen LogP contribution in [-0.2, 0) is 5.41 Å². The third-order valence-electron chi connectivity index (χ3n) is 3.44. The second-order valence-corrected chi connectivity index (χ2v) is 4.74. The highest BCUT2D eigenvalue weighted by atomic mass is 15.1. The molecule has 1 atom stereocenters. The summed E-state index contributed by atoms with van der Waals surface area (Å²) in [6.45, 7) is 2.09. The van der Waals surface area contributed by atoms with Crippen molar-refractivity contribution >= 4 is 5.82 Å². The zero-order valence-corrected chi connectivity index (χ0v) is 9.70. The number of hydrogen-bond donors (Lipinski definition) is 1. The van der Waals surface area contributed by atoms with Crippen molar-refractivity contribution in [3.05, 3.63) is 23.9 Å². The molecule has 2 rings (SSSR count). The molecule has 0 radical (unpaired) electrons. The van der Waals surface area contributed by atoms with Crippen LogP contribution in [0.3, 0.4) is 0 Å². The first-order valence-electron chi connectivity index (χ1n) is 5.46. The average molecular weight is 205 g/mol. The zero-order valence-electron chi connectivity index (χ0n) is 9.70. The highest BCUT2D eigenvalue weighted by Gasteiger charge is 2.47. The van der Waals surface area contributed by atoms with E-state index < -0.39 is 0 Å². The van der Waals surface area contributed by atoms with Gasteiger partial charge in [-0.25, -0.2) is 4.98 Å². The summed E-state index contributed by atoms with van der Waals surface area (Å²) >= 11 is 0. The Kier molecular flexibility index (Phi) is 2.43. The maximum absolute atomic E-state index is 6.02. The van der Waals surface area contributed by atoms with Gasteiger partial charge in [-0.3, -0.25) is 0 Å². The van der Waals surface area contributed by atoms with Gasteiger partial charge in [0.15, 0.2) is 0 Å². The molecule has 1 fully saturated rings. The first kappa shape index (κ1) is 10.4. The lowest BCUT2D eigenvalue weighted by Crippen LogP contribution is -2.31. The number of hydrogen-bond acceptors (Lipinski definition) is 3. The Bertz CT molecular complexity index is 336. The maximum Gasteiger partial charge on any atom is 0.127 e. The summed E-state index contributed by atoms with van der Waals surface area (Å²) in [6, 6.07) is 4.46. The van der Waals surface area contributed by atoms with Crippen molar-refractivity contribution in [3.8, 4) is 0 Å². The summed E-state index contributed by atoms with van der Waals surface area (Å²) in [5.74, 6) is 0.999. The zero-order chi connectivity index (χ0) is 11.1. The molecule has 15 heavy (non-hydrogen) atoms. The number of nitrogens with zero attached hydrogens (tertiary/aromatic N) is 2. The van der Waals surface area contributed by atoms with Gasteiger partial charge in [0.25, 0.3) is 0 Å². The van der Waals surface area contributed by atoms with E-state index in [1.54, 1.807) is 0 Å². The minimum atomic E-state index is 0.220. The predicted molar refractivity (Wildman–Crippen MR) is 63.1 cm³/mol. The molecule has 1 unspecified atom stereocenters. The Labute approximate surface area is 91.3 Å². The van der Waals surface area contributed by atoms with Crippen LogP contribution in [-0.4, -0.2) is 25.1 Å². The van der Waals surface area contributed by atoms with Gasteiger partial charge in [0, 0.05) is 31.7 Å².